The summed E-state index contributed by atoms with van der Waals surface area (Å²) in [6, 6.07) is 4.12. The topological polar surface area (TPSA) is 85.6 Å². The Labute approximate surface area is 202 Å². The molecule has 2 aliphatic rings. The quantitative estimate of drug-likeness (QED) is 0.271. The fourth-order valence-corrected chi connectivity index (χ4v) is 3.76. The molecule has 2 N–H and O–H groups in total. The molecule has 176 valence electrons. The molecule has 1 unspecified atom stereocenters. The van der Waals surface area contributed by atoms with Crippen molar-refractivity contribution in [3.8, 4) is 0 Å². The molecular formula is C21H37IN6O3. The van der Waals surface area contributed by atoms with Crippen molar-refractivity contribution < 1.29 is 13.9 Å². The lowest BCUT2D eigenvalue weighted by Crippen LogP contribution is -2.46. The minimum Gasteiger partial charge on any atom is -0.468 e. The molecule has 0 aliphatic carbocycles. The number of hydrogen-bond donors (Lipinski definition) is 2. The van der Waals surface area contributed by atoms with Gasteiger partial charge in [-0.25, -0.2) is 4.99 Å². The third-order valence-corrected chi connectivity index (χ3v) is 5.61. The number of nitrogens with one attached hydrogen (secondary N) is 2. The van der Waals surface area contributed by atoms with Crippen LogP contribution in [0.15, 0.2) is 27.8 Å². The van der Waals surface area contributed by atoms with Gasteiger partial charge in [-0.3, -0.25) is 14.6 Å². The summed E-state index contributed by atoms with van der Waals surface area (Å²) in [6.45, 7) is 8.10. The molecule has 0 bridgehead atoms. The lowest BCUT2D eigenvalue weighted by molar-refractivity contribution is -0.127. The summed E-state index contributed by atoms with van der Waals surface area (Å²) in [6.07, 6.45) is 4.16. The Hall–Kier alpha value is -1.37. The van der Waals surface area contributed by atoms with Crippen LogP contribution in [0.2, 0.25) is 0 Å². The molecule has 1 atom stereocenters. The van der Waals surface area contributed by atoms with E-state index in [9.17, 15) is 4.79 Å². The summed E-state index contributed by atoms with van der Waals surface area (Å²) in [5.41, 5.74) is 0. The van der Waals surface area contributed by atoms with E-state index in [0.717, 1.165) is 58.2 Å². The van der Waals surface area contributed by atoms with E-state index in [1.807, 2.05) is 12.1 Å². The van der Waals surface area contributed by atoms with E-state index >= 15 is 0 Å². The maximum absolute atomic E-state index is 12.0. The van der Waals surface area contributed by atoms with Crippen LogP contribution in [0.3, 0.4) is 0 Å². The number of amides is 1. The molecule has 0 spiro atoms. The zero-order valence-electron chi connectivity index (χ0n) is 18.7. The van der Waals surface area contributed by atoms with Gasteiger partial charge in [-0.05, 0) is 38.1 Å². The number of morpholine rings is 1. The van der Waals surface area contributed by atoms with Crippen molar-refractivity contribution in [3.05, 3.63) is 24.2 Å². The van der Waals surface area contributed by atoms with Crippen molar-refractivity contribution in [2.45, 2.75) is 18.9 Å². The van der Waals surface area contributed by atoms with Gasteiger partial charge < -0.3 is 24.7 Å². The lowest BCUT2D eigenvalue weighted by atomic mass is 10.2. The van der Waals surface area contributed by atoms with Crippen LogP contribution < -0.4 is 10.6 Å². The first kappa shape index (κ1) is 25.9. The minimum atomic E-state index is -0.0218. The third-order valence-electron chi connectivity index (χ3n) is 5.61. The number of ether oxygens (including phenoxy) is 1. The van der Waals surface area contributed by atoms with Gasteiger partial charge in [0.05, 0.1) is 25.5 Å². The highest BCUT2D eigenvalue weighted by Crippen LogP contribution is 2.24. The van der Waals surface area contributed by atoms with Crippen molar-refractivity contribution in [2.75, 3.05) is 79.7 Å². The van der Waals surface area contributed by atoms with E-state index < -0.39 is 0 Å². The van der Waals surface area contributed by atoms with Crippen molar-refractivity contribution in [2.24, 2.45) is 4.99 Å². The van der Waals surface area contributed by atoms with Gasteiger partial charge in [0.15, 0.2) is 5.96 Å². The Kier molecular flexibility index (Phi) is 11.6. The molecule has 1 amide bonds. The molecule has 3 heterocycles. The molecule has 9 nitrogen and oxygen atoms in total. The van der Waals surface area contributed by atoms with E-state index in [-0.39, 0.29) is 42.5 Å². The van der Waals surface area contributed by atoms with Gasteiger partial charge in [0.2, 0.25) is 5.91 Å². The van der Waals surface area contributed by atoms with Gasteiger partial charge in [0, 0.05) is 46.8 Å². The van der Waals surface area contributed by atoms with Crippen LogP contribution in [0.25, 0.3) is 0 Å². The summed E-state index contributed by atoms with van der Waals surface area (Å²) in [4.78, 5) is 22.9. The number of likely N-dealkylation sites (N-methyl/N-ethyl adjacent to an activating group) is 1. The smallest absolute Gasteiger partial charge is 0.243 e. The molecule has 2 aliphatic heterocycles. The van der Waals surface area contributed by atoms with Crippen LogP contribution in [0.4, 0.5) is 0 Å². The molecule has 31 heavy (non-hydrogen) atoms. The van der Waals surface area contributed by atoms with Crippen LogP contribution in [0.1, 0.15) is 24.6 Å². The van der Waals surface area contributed by atoms with Gasteiger partial charge in [-0.2, -0.15) is 0 Å². The van der Waals surface area contributed by atoms with Gasteiger partial charge in [0.1, 0.15) is 12.3 Å². The van der Waals surface area contributed by atoms with E-state index in [4.69, 9.17) is 9.15 Å². The summed E-state index contributed by atoms with van der Waals surface area (Å²) in [7, 11) is 3.49. The van der Waals surface area contributed by atoms with Crippen LogP contribution in [-0.2, 0) is 9.53 Å². The fraction of sp³-hybridized carbons (Fsp3) is 0.714. The highest BCUT2D eigenvalue weighted by Gasteiger charge is 2.25. The Bertz CT molecular complexity index is 658. The number of aliphatic imine (C=N–C) groups is 1. The van der Waals surface area contributed by atoms with E-state index in [0.29, 0.717) is 12.5 Å². The first-order chi connectivity index (χ1) is 14.6. The highest BCUT2D eigenvalue weighted by molar-refractivity contribution is 14.0. The molecule has 3 rings (SSSR count). The van der Waals surface area contributed by atoms with Crippen molar-refractivity contribution in [3.63, 3.8) is 0 Å². The zero-order chi connectivity index (χ0) is 21.2. The molecule has 1 aromatic heterocycles. The molecule has 2 saturated heterocycles. The standard InChI is InChI=1S/C21H36N6O3.HI/c1-25(2)20(28)17-24-21(22-7-10-26-11-14-29-15-12-26)23-16-18(19-6-5-13-30-19)27-8-3-4-9-27;/h5-6,13,18H,3-4,7-12,14-17H2,1-2H3,(H2,22,23,24);1H. The van der Waals surface area contributed by atoms with Crippen LogP contribution in [-0.4, -0.2) is 106 Å². The molecule has 0 saturated carbocycles. The molecule has 10 heteroatoms. The average molecular weight is 548 g/mol. The van der Waals surface area contributed by atoms with Crippen LogP contribution >= 0.6 is 24.0 Å². The molecule has 2 fully saturated rings. The van der Waals surface area contributed by atoms with Crippen molar-refractivity contribution in [1.82, 2.24) is 25.3 Å². The summed E-state index contributed by atoms with van der Waals surface area (Å²) in [5, 5.41) is 6.83. The number of rotatable bonds is 9. The number of halogens is 1. The second-order valence-corrected chi connectivity index (χ2v) is 7.99. The number of carbonyl (C=O) groups excluding carboxylic acids is 1. The Morgan fingerprint density at radius 1 is 1.19 bits per heavy atom. The fourth-order valence-electron chi connectivity index (χ4n) is 3.76. The maximum atomic E-state index is 12.0. The monoisotopic (exact) mass is 548 g/mol. The minimum absolute atomic E-state index is 0. The summed E-state index contributed by atoms with van der Waals surface area (Å²) < 4.78 is 11.1. The van der Waals surface area contributed by atoms with Gasteiger partial charge in [-0.15, -0.1) is 24.0 Å². The molecular weight excluding hydrogens is 511 g/mol. The first-order valence-corrected chi connectivity index (χ1v) is 10.9. The van der Waals surface area contributed by atoms with Crippen molar-refractivity contribution >= 4 is 35.8 Å². The Morgan fingerprint density at radius 2 is 1.94 bits per heavy atom. The third kappa shape index (κ3) is 8.59. The predicted octanol–water partition coefficient (Wildman–Crippen LogP) is 0.990. The number of carbonyl (C=O) groups is 1. The zero-order valence-corrected chi connectivity index (χ0v) is 21.0. The maximum Gasteiger partial charge on any atom is 0.243 e. The van der Waals surface area contributed by atoms with Gasteiger partial charge >= 0.3 is 0 Å². The summed E-state index contributed by atoms with van der Waals surface area (Å²) >= 11 is 0. The van der Waals surface area contributed by atoms with E-state index in [1.54, 1.807) is 25.3 Å². The number of likely N-dealkylation sites (tertiary alicyclic amines) is 1. The predicted molar refractivity (Wildman–Crippen MR) is 132 cm³/mol. The Morgan fingerprint density at radius 3 is 2.58 bits per heavy atom. The van der Waals surface area contributed by atoms with Crippen molar-refractivity contribution in [1.29, 1.82) is 0 Å². The normalized spacial score (nSPS) is 19.0. The van der Waals surface area contributed by atoms with Crippen LogP contribution in [0.5, 0.6) is 0 Å². The highest BCUT2D eigenvalue weighted by atomic mass is 127. The number of nitrogens with zero attached hydrogens (tertiary/aromatic N) is 4. The SMILES string of the molecule is CN(C)C(=O)CN=C(NCCN1CCOCC1)NCC(c1ccco1)N1CCCC1.I. The molecule has 1 aromatic rings. The second-order valence-electron chi connectivity index (χ2n) is 7.99. The van der Waals surface area contributed by atoms with E-state index in [2.05, 4.69) is 25.4 Å². The second kappa shape index (κ2) is 13.9. The van der Waals surface area contributed by atoms with Crippen LogP contribution in [0, 0.1) is 0 Å². The first-order valence-electron chi connectivity index (χ1n) is 10.9. The molecule has 0 radical (unpaired) electrons. The number of guanidine groups is 1. The number of furan rings is 1. The Balaban J connectivity index is 0.00000341. The van der Waals surface area contributed by atoms with Gasteiger partial charge in [0.25, 0.3) is 0 Å². The lowest BCUT2D eigenvalue weighted by Gasteiger charge is -2.28. The van der Waals surface area contributed by atoms with Gasteiger partial charge in [-0.1, -0.05) is 0 Å². The largest absolute Gasteiger partial charge is 0.468 e. The van der Waals surface area contributed by atoms with E-state index in [1.165, 1.54) is 12.8 Å². The average Bonchev–Trinajstić information content (AvgIpc) is 3.47. The summed E-state index contributed by atoms with van der Waals surface area (Å²) in [5.74, 6) is 1.60. The molecule has 0 aromatic carbocycles. The number of hydrogen-bond acceptors (Lipinski definition) is 6.